The minimum absolute atomic E-state index is 0.702. The van der Waals surface area contributed by atoms with Gasteiger partial charge >= 0.3 is 0 Å². The molecule has 0 atom stereocenters. The number of nitrogens with zero attached hydrogens (tertiary/aromatic N) is 3. The largest absolute Gasteiger partial charge is 0.247 e. The Hall–Kier alpha value is -7.27. The second-order valence-electron chi connectivity index (χ2n) is 14.3. The zero-order valence-electron chi connectivity index (χ0n) is 30.8. The Kier molecular flexibility index (Phi) is 8.01. The quantitative estimate of drug-likeness (QED) is 0.159. The van der Waals surface area contributed by atoms with Crippen molar-refractivity contribution in [1.82, 2.24) is 15.0 Å². The van der Waals surface area contributed by atoms with Gasteiger partial charge in [0.05, 0.1) is 22.6 Å². The van der Waals surface area contributed by atoms with Crippen LogP contribution >= 0.6 is 11.3 Å². The Labute approximate surface area is 334 Å². The first-order chi connectivity index (χ1) is 28.2. The van der Waals surface area contributed by atoms with Crippen molar-refractivity contribution in [3.8, 4) is 67.4 Å². The van der Waals surface area contributed by atoms with Crippen LogP contribution in [0, 0.1) is 0 Å². The highest BCUT2D eigenvalue weighted by Crippen LogP contribution is 2.41. The molecule has 3 nitrogen and oxygen atoms in total. The van der Waals surface area contributed by atoms with Gasteiger partial charge in [-0.1, -0.05) is 182 Å². The van der Waals surface area contributed by atoms with Crippen molar-refractivity contribution in [2.45, 2.75) is 0 Å². The molecule has 0 saturated carbocycles. The molecule has 0 N–H and O–H groups in total. The first kappa shape index (κ1) is 33.1. The maximum Gasteiger partial charge on any atom is 0.160 e. The van der Waals surface area contributed by atoms with Crippen molar-refractivity contribution in [1.29, 1.82) is 0 Å². The molecule has 0 amide bonds. The van der Waals surface area contributed by atoms with Crippen molar-refractivity contribution in [2.75, 3.05) is 0 Å². The Morgan fingerprint density at radius 1 is 0.333 bits per heavy atom. The molecule has 3 heterocycles. The fraction of sp³-hybridized carbons (Fsp3) is 0. The molecule has 57 heavy (non-hydrogen) atoms. The number of aromatic nitrogens is 3. The van der Waals surface area contributed by atoms with E-state index in [1.54, 1.807) is 0 Å². The Morgan fingerprint density at radius 2 is 0.860 bits per heavy atom. The third kappa shape index (κ3) is 5.86. The summed E-state index contributed by atoms with van der Waals surface area (Å²) in [6.07, 6.45) is 0. The minimum atomic E-state index is 0.702. The van der Waals surface area contributed by atoms with Crippen LogP contribution in [-0.4, -0.2) is 15.0 Å². The third-order valence-electron chi connectivity index (χ3n) is 10.9. The Bertz CT molecular complexity index is 3260. The monoisotopic (exact) mass is 743 g/mol. The number of hydrogen-bond acceptors (Lipinski definition) is 4. The second-order valence-corrected chi connectivity index (χ2v) is 15.4. The molecule has 11 rings (SSSR count). The van der Waals surface area contributed by atoms with E-state index in [0.29, 0.717) is 5.82 Å². The molecule has 0 radical (unpaired) electrons. The van der Waals surface area contributed by atoms with E-state index in [1.165, 1.54) is 42.2 Å². The third-order valence-corrected chi connectivity index (χ3v) is 12.1. The van der Waals surface area contributed by atoms with Crippen molar-refractivity contribution in [3.05, 3.63) is 200 Å². The number of hydrogen-bond donors (Lipinski definition) is 0. The van der Waals surface area contributed by atoms with Gasteiger partial charge in [-0.25, -0.2) is 15.0 Å². The molecule has 0 aliphatic carbocycles. The molecular weight excluding hydrogens is 711 g/mol. The molecule has 0 saturated heterocycles. The van der Waals surface area contributed by atoms with E-state index in [0.717, 1.165) is 61.2 Å². The molecule has 8 aromatic carbocycles. The summed E-state index contributed by atoms with van der Waals surface area (Å²) in [7, 11) is 0. The average molecular weight is 744 g/mol. The molecule has 3 aromatic heterocycles. The molecule has 4 heteroatoms. The van der Waals surface area contributed by atoms with Gasteiger partial charge in [-0.05, 0) is 40.5 Å². The van der Waals surface area contributed by atoms with E-state index >= 15 is 0 Å². The van der Waals surface area contributed by atoms with Crippen LogP contribution < -0.4 is 0 Å². The smallest absolute Gasteiger partial charge is 0.160 e. The van der Waals surface area contributed by atoms with Crippen LogP contribution in [0.25, 0.3) is 109 Å². The van der Waals surface area contributed by atoms with Gasteiger partial charge in [0.25, 0.3) is 0 Å². The van der Waals surface area contributed by atoms with E-state index in [9.17, 15) is 0 Å². The summed E-state index contributed by atoms with van der Waals surface area (Å²) in [5.74, 6) is 0.702. The molecular formula is C53H33N3S. The van der Waals surface area contributed by atoms with Crippen molar-refractivity contribution in [2.24, 2.45) is 0 Å². The standard InChI is InChI=1S/C53H33N3S/c1-3-13-38(14-4-1)51-45-22-11-19-40(50(45)44-18-7-9-23-46(44)54-51)34-25-29-36(30-26-34)47-33-48(56-53(55-47)39-15-5-2-6-16-39)37-31-27-35(28-32-37)41-20-12-21-43-42-17-8-10-24-49(42)57-52(41)43/h1-33H. The number of benzene rings is 8. The van der Waals surface area contributed by atoms with Crippen LogP contribution in [0.2, 0.25) is 0 Å². The van der Waals surface area contributed by atoms with Gasteiger partial charge in [0.1, 0.15) is 0 Å². The van der Waals surface area contributed by atoms with E-state index in [-0.39, 0.29) is 0 Å². The predicted octanol–water partition coefficient (Wildman–Crippen LogP) is 14.5. The topological polar surface area (TPSA) is 38.7 Å². The van der Waals surface area contributed by atoms with Crippen LogP contribution in [0.15, 0.2) is 200 Å². The van der Waals surface area contributed by atoms with Crippen LogP contribution in [0.1, 0.15) is 0 Å². The van der Waals surface area contributed by atoms with Gasteiger partial charge < -0.3 is 0 Å². The molecule has 266 valence electrons. The van der Waals surface area contributed by atoms with Crippen molar-refractivity contribution < 1.29 is 0 Å². The summed E-state index contributed by atoms with van der Waals surface area (Å²) in [5.41, 5.74) is 12.7. The zero-order valence-corrected chi connectivity index (χ0v) is 31.6. The SMILES string of the molecule is c1ccc(-c2nc(-c3ccc(-c4cccc5c4sc4ccccc45)cc3)cc(-c3ccc(-c4cccc5c(-c6ccccc6)nc6ccccc6c45)cc3)n2)cc1. The van der Waals surface area contributed by atoms with Crippen LogP contribution in [0.4, 0.5) is 0 Å². The fourth-order valence-corrected chi connectivity index (χ4v) is 9.37. The van der Waals surface area contributed by atoms with Gasteiger partial charge in [-0.2, -0.15) is 0 Å². The van der Waals surface area contributed by atoms with Gasteiger partial charge in [-0.3, -0.25) is 0 Å². The maximum atomic E-state index is 5.16. The Morgan fingerprint density at radius 3 is 1.56 bits per heavy atom. The van der Waals surface area contributed by atoms with Crippen molar-refractivity contribution >= 4 is 53.2 Å². The lowest BCUT2D eigenvalue weighted by atomic mass is 9.92. The number of rotatable bonds is 6. The fourth-order valence-electron chi connectivity index (χ4n) is 8.13. The van der Waals surface area contributed by atoms with Crippen LogP contribution in [0.5, 0.6) is 0 Å². The lowest BCUT2D eigenvalue weighted by Gasteiger charge is -2.14. The van der Waals surface area contributed by atoms with Crippen LogP contribution in [-0.2, 0) is 0 Å². The highest BCUT2D eigenvalue weighted by molar-refractivity contribution is 7.26. The van der Waals surface area contributed by atoms with E-state index in [2.05, 4.69) is 176 Å². The number of fused-ring (bicyclic) bond motifs is 6. The normalized spacial score (nSPS) is 11.5. The van der Waals surface area contributed by atoms with Gasteiger partial charge in [0.2, 0.25) is 0 Å². The van der Waals surface area contributed by atoms with E-state index in [1.807, 2.05) is 35.6 Å². The highest BCUT2D eigenvalue weighted by atomic mass is 32.1. The van der Waals surface area contributed by atoms with Crippen LogP contribution in [0.3, 0.4) is 0 Å². The van der Waals surface area contributed by atoms with Gasteiger partial charge in [0.15, 0.2) is 5.82 Å². The molecule has 0 aliphatic rings. The van der Waals surface area contributed by atoms with Gasteiger partial charge in [-0.15, -0.1) is 11.3 Å². The van der Waals surface area contributed by atoms with E-state index < -0.39 is 0 Å². The average Bonchev–Trinajstić information content (AvgIpc) is 3.68. The predicted molar refractivity (Wildman–Crippen MR) is 240 cm³/mol. The number of pyridine rings is 1. The maximum absolute atomic E-state index is 5.16. The summed E-state index contributed by atoms with van der Waals surface area (Å²) in [6, 6.07) is 70.8. The molecule has 0 unspecified atom stereocenters. The van der Waals surface area contributed by atoms with E-state index in [4.69, 9.17) is 15.0 Å². The first-order valence-corrected chi connectivity index (χ1v) is 20.0. The van der Waals surface area contributed by atoms with Gasteiger partial charge in [0, 0.05) is 58.6 Å². The summed E-state index contributed by atoms with van der Waals surface area (Å²) >= 11 is 1.86. The first-order valence-electron chi connectivity index (χ1n) is 19.2. The lowest BCUT2D eigenvalue weighted by molar-refractivity contribution is 1.18. The molecule has 0 spiro atoms. The molecule has 0 fully saturated rings. The molecule has 0 bridgehead atoms. The highest BCUT2D eigenvalue weighted by Gasteiger charge is 2.16. The summed E-state index contributed by atoms with van der Waals surface area (Å²) in [4.78, 5) is 15.4. The summed E-state index contributed by atoms with van der Waals surface area (Å²) in [6.45, 7) is 0. The summed E-state index contributed by atoms with van der Waals surface area (Å²) < 4.78 is 2.63. The lowest BCUT2D eigenvalue weighted by Crippen LogP contribution is -1.96. The second kappa shape index (κ2) is 13.8. The zero-order chi connectivity index (χ0) is 37.7. The molecule has 11 aromatic rings. The summed E-state index contributed by atoms with van der Waals surface area (Å²) in [5, 5.41) is 6.11. The van der Waals surface area contributed by atoms with Crippen molar-refractivity contribution in [3.63, 3.8) is 0 Å². The minimum Gasteiger partial charge on any atom is -0.247 e. The molecule has 0 aliphatic heterocycles. The Balaban J connectivity index is 0.998. The number of thiophene rings is 1. The number of para-hydroxylation sites is 1.